The molecule has 0 aliphatic carbocycles. The number of benzene rings is 2. The van der Waals surface area contributed by atoms with Crippen molar-refractivity contribution in [2.75, 3.05) is 18.2 Å². The van der Waals surface area contributed by atoms with E-state index in [0.29, 0.717) is 22.8 Å². The molecule has 1 heterocycles. The van der Waals surface area contributed by atoms with Gasteiger partial charge in [-0.2, -0.15) is 0 Å². The van der Waals surface area contributed by atoms with Crippen molar-refractivity contribution in [2.24, 2.45) is 7.05 Å². The van der Waals surface area contributed by atoms with Crippen LogP contribution in [0.25, 0.3) is 0 Å². The summed E-state index contributed by atoms with van der Waals surface area (Å²) in [6, 6.07) is 15.1. The van der Waals surface area contributed by atoms with E-state index in [9.17, 15) is 9.59 Å². The molecule has 0 aliphatic rings. The first kappa shape index (κ1) is 20.6. The number of nitrogens with one attached hydrogen (secondary N) is 1. The molecule has 1 N–H and O–H groups in total. The molecule has 0 unspecified atom stereocenters. The molecule has 0 radical (unpaired) electrons. The average Bonchev–Trinajstić information content (AvgIpc) is 3.07. The van der Waals surface area contributed by atoms with Gasteiger partial charge in [-0.1, -0.05) is 48.2 Å². The number of rotatable bonds is 7. The van der Waals surface area contributed by atoms with E-state index in [0.717, 1.165) is 17.0 Å². The van der Waals surface area contributed by atoms with Crippen molar-refractivity contribution in [3.05, 3.63) is 71.0 Å². The Morgan fingerprint density at radius 2 is 1.90 bits per heavy atom. The highest BCUT2D eigenvalue weighted by atomic mass is 32.2. The molecule has 0 bridgehead atoms. The molecule has 1 amide bonds. The maximum atomic E-state index is 12.4. The molecule has 3 rings (SSSR count). The SMILES string of the molecule is COC(=O)c1ccc(C)c(NC(=O)CSc2nnc(Cc3ccccc3)n2C)c1. The number of anilines is 1. The number of hydrogen-bond acceptors (Lipinski definition) is 6. The number of ether oxygens (including phenoxy) is 1. The standard InChI is InChI=1S/C21H22N4O3S/c1-14-9-10-16(20(27)28-3)12-17(14)22-19(26)13-29-21-24-23-18(25(21)2)11-15-7-5-4-6-8-15/h4-10,12H,11,13H2,1-3H3,(H,22,26). The van der Waals surface area contributed by atoms with Gasteiger partial charge >= 0.3 is 5.97 Å². The zero-order valence-electron chi connectivity index (χ0n) is 16.5. The molecule has 2 aromatic carbocycles. The van der Waals surface area contributed by atoms with E-state index in [-0.39, 0.29) is 11.7 Å². The fraction of sp³-hybridized carbons (Fsp3) is 0.238. The summed E-state index contributed by atoms with van der Waals surface area (Å²) in [6.45, 7) is 1.86. The number of hydrogen-bond donors (Lipinski definition) is 1. The Labute approximate surface area is 173 Å². The minimum atomic E-state index is -0.445. The van der Waals surface area contributed by atoms with E-state index < -0.39 is 5.97 Å². The molecule has 150 valence electrons. The van der Waals surface area contributed by atoms with Gasteiger partial charge in [-0.05, 0) is 30.2 Å². The zero-order chi connectivity index (χ0) is 20.8. The van der Waals surface area contributed by atoms with Crippen LogP contribution in [-0.4, -0.2) is 39.5 Å². The normalized spacial score (nSPS) is 10.6. The average molecular weight is 410 g/mol. The van der Waals surface area contributed by atoms with Crippen molar-refractivity contribution in [1.29, 1.82) is 0 Å². The number of thioether (sulfide) groups is 1. The smallest absolute Gasteiger partial charge is 0.337 e. The van der Waals surface area contributed by atoms with Crippen LogP contribution in [0.15, 0.2) is 53.7 Å². The van der Waals surface area contributed by atoms with E-state index in [2.05, 4.69) is 15.5 Å². The van der Waals surface area contributed by atoms with Crippen molar-refractivity contribution in [3.63, 3.8) is 0 Å². The summed E-state index contributed by atoms with van der Waals surface area (Å²) in [4.78, 5) is 24.1. The number of amides is 1. The molecule has 0 fully saturated rings. The number of methoxy groups -OCH3 is 1. The summed E-state index contributed by atoms with van der Waals surface area (Å²) in [6.07, 6.45) is 0.677. The Morgan fingerprint density at radius 1 is 1.14 bits per heavy atom. The van der Waals surface area contributed by atoms with E-state index >= 15 is 0 Å². The monoisotopic (exact) mass is 410 g/mol. The molecular formula is C21H22N4O3S. The highest BCUT2D eigenvalue weighted by Gasteiger charge is 2.14. The van der Waals surface area contributed by atoms with Crippen LogP contribution in [0.1, 0.15) is 27.3 Å². The number of nitrogens with zero attached hydrogens (tertiary/aromatic N) is 3. The maximum absolute atomic E-state index is 12.4. The van der Waals surface area contributed by atoms with Crippen LogP contribution in [0.5, 0.6) is 0 Å². The first-order chi connectivity index (χ1) is 14.0. The van der Waals surface area contributed by atoms with Crippen molar-refractivity contribution < 1.29 is 14.3 Å². The van der Waals surface area contributed by atoms with Crippen LogP contribution in [0.3, 0.4) is 0 Å². The van der Waals surface area contributed by atoms with Crippen LogP contribution in [0.4, 0.5) is 5.69 Å². The Morgan fingerprint density at radius 3 is 2.62 bits per heavy atom. The van der Waals surface area contributed by atoms with Gasteiger partial charge in [0, 0.05) is 19.2 Å². The van der Waals surface area contributed by atoms with Gasteiger partial charge in [0.25, 0.3) is 0 Å². The van der Waals surface area contributed by atoms with Gasteiger partial charge < -0.3 is 14.6 Å². The van der Waals surface area contributed by atoms with Crippen LogP contribution >= 0.6 is 11.8 Å². The van der Waals surface area contributed by atoms with Crippen molar-refractivity contribution in [1.82, 2.24) is 14.8 Å². The van der Waals surface area contributed by atoms with Crippen molar-refractivity contribution in [2.45, 2.75) is 18.5 Å². The van der Waals surface area contributed by atoms with E-state index in [1.165, 1.54) is 18.9 Å². The molecule has 0 aliphatic heterocycles. The van der Waals surface area contributed by atoms with Gasteiger partial charge in [0.15, 0.2) is 5.16 Å². The molecule has 0 spiro atoms. The fourth-order valence-corrected chi connectivity index (χ4v) is 3.45. The lowest BCUT2D eigenvalue weighted by molar-refractivity contribution is -0.113. The highest BCUT2D eigenvalue weighted by Crippen LogP contribution is 2.20. The number of carbonyl (C=O) groups excluding carboxylic acids is 2. The summed E-state index contributed by atoms with van der Waals surface area (Å²) in [5.74, 6) is 0.382. The van der Waals surface area contributed by atoms with E-state index in [1.807, 2.05) is 48.9 Å². The summed E-state index contributed by atoms with van der Waals surface area (Å²) in [5.41, 5.74) is 2.99. The second-order valence-electron chi connectivity index (χ2n) is 6.48. The Kier molecular flexibility index (Phi) is 6.66. The lowest BCUT2D eigenvalue weighted by Crippen LogP contribution is -2.16. The molecular weight excluding hydrogens is 388 g/mol. The first-order valence-corrected chi connectivity index (χ1v) is 10.0. The molecule has 0 saturated heterocycles. The molecule has 0 saturated carbocycles. The molecule has 1 aromatic heterocycles. The Bertz CT molecular complexity index is 1020. The zero-order valence-corrected chi connectivity index (χ0v) is 17.3. The van der Waals surface area contributed by atoms with Gasteiger partial charge in [0.1, 0.15) is 5.82 Å². The van der Waals surface area contributed by atoms with E-state index in [1.54, 1.807) is 18.2 Å². The predicted octanol–water partition coefficient (Wildman–Crippen LogP) is 3.23. The third-order valence-electron chi connectivity index (χ3n) is 4.40. The molecule has 29 heavy (non-hydrogen) atoms. The largest absolute Gasteiger partial charge is 0.465 e. The number of aromatic nitrogens is 3. The van der Waals surface area contributed by atoms with Gasteiger partial charge in [0.2, 0.25) is 5.91 Å². The van der Waals surface area contributed by atoms with Gasteiger partial charge in [-0.25, -0.2) is 4.79 Å². The Balaban J connectivity index is 1.61. The third kappa shape index (κ3) is 5.23. The maximum Gasteiger partial charge on any atom is 0.337 e. The van der Waals surface area contributed by atoms with Crippen LogP contribution < -0.4 is 5.32 Å². The van der Waals surface area contributed by atoms with Crippen LogP contribution in [0.2, 0.25) is 0 Å². The molecule has 7 nitrogen and oxygen atoms in total. The van der Waals surface area contributed by atoms with E-state index in [4.69, 9.17) is 4.74 Å². The van der Waals surface area contributed by atoms with Gasteiger partial charge in [-0.15, -0.1) is 10.2 Å². The molecule has 3 aromatic rings. The second-order valence-corrected chi connectivity index (χ2v) is 7.42. The fourth-order valence-electron chi connectivity index (χ4n) is 2.72. The van der Waals surface area contributed by atoms with Crippen molar-refractivity contribution >= 4 is 29.3 Å². The lowest BCUT2D eigenvalue weighted by Gasteiger charge is -2.10. The number of carbonyl (C=O) groups is 2. The quantitative estimate of drug-likeness (QED) is 0.475. The molecule has 8 heteroatoms. The minimum Gasteiger partial charge on any atom is -0.465 e. The number of aryl methyl sites for hydroxylation is 1. The minimum absolute atomic E-state index is 0.180. The van der Waals surface area contributed by atoms with Crippen LogP contribution in [-0.2, 0) is 23.0 Å². The first-order valence-electron chi connectivity index (χ1n) is 9.01. The van der Waals surface area contributed by atoms with Gasteiger partial charge in [-0.3, -0.25) is 4.79 Å². The van der Waals surface area contributed by atoms with Crippen LogP contribution in [0, 0.1) is 6.92 Å². The highest BCUT2D eigenvalue weighted by molar-refractivity contribution is 7.99. The second kappa shape index (κ2) is 9.38. The third-order valence-corrected chi connectivity index (χ3v) is 5.42. The Hall–Kier alpha value is -3.13. The topological polar surface area (TPSA) is 86.1 Å². The van der Waals surface area contributed by atoms with Crippen molar-refractivity contribution in [3.8, 4) is 0 Å². The summed E-state index contributed by atoms with van der Waals surface area (Å²) in [7, 11) is 3.21. The molecule has 0 atom stereocenters. The number of esters is 1. The van der Waals surface area contributed by atoms with Gasteiger partial charge in [0.05, 0.1) is 18.4 Å². The predicted molar refractivity (Wildman–Crippen MR) is 112 cm³/mol. The summed E-state index contributed by atoms with van der Waals surface area (Å²) < 4.78 is 6.62. The lowest BCUT2D eigenvalue weighted by atomic mass is 10.1. The summed E-state index contributed by atoms with van der Waals surface area (Å²) >= 11 is 1.31. The summed E-state index contributed by atoms with van der Waals surface area (Å²) in [5, 5.41) is 11.9.